The van der Waals surface area contributed by atoms with E-state index in [9.17, 15) is 5.11 Å². The van der Waals surface area contributed by atoms with Gasteiger partial charge in [-0.2, -0.15) is 5.26 Å². The molecular formula is C8H15NO3. The largest absolute Gasteiger partial charge is 0.387 e. The lowest BCUT2D eigenvalue weighted by molar-refractivity contribution is -0.187. The number of aliphatic hydroxyl groups excluding tert-OH is 1. The minimum atomic E-state index is -0.852. The van der Waals surface area contributed by atoms with E-state index in [1.165, 1.54) is 0 Å². The maximum absolute atomic E-state index is 9.30. The number of nitriles is 1. The van der Waals surface area contributed by atoms with E-state index in [0.29, 0.717) is 13.2 Å². The van der Waals surface area contributed by atoms with Crippen LogP contribution in [0.2, 0.25) is 0 Å². The topological polar surface area (TPSA) is 62.5 Å². The molecule has 0 spiro atoms. The summed E-state index contributed by atoms with van der Waals surface area (Å²) >= 11 is 0. The lowest BCUT2D eigenvalue weighted by Crippen LogP contribution is -2.31. The third-order valence-electron chi connectivity index (χ3n) is 1.28. The summed E-state index contributed by atoms with van der Waals surface area (Å²) in [6.45, 7) is 4.55. The fourth-order valence-corrected chi connectivity index (χ4v) is 0.789. The van der Waals surface area contributed by atoms with E-state index >= 15 is 0 Å². The third kappa shape index (κ3) is 4.29. The van der Waals surface area contributed by atoms with Crippen LogP contribution in [0.3, 0.4) is 0 Å². The van der Waals surface area contributed by atoms with Crippen molar-refractivity contribution in [1.82, 2.24) is 0 Å². The molecule has 0 aliphatic carbocycles. The van der Waals surface area contributed by atoms with Crippen LogP contribution in [-0.4, -0.2) is 30.7 Å². The zero-order valence-corrected chi connectivity index (χ0v) is 7.49. The molecule has 0 aromatic rings. The van der Waals surface area contributed by atoms with Crippen molar-refractivity contribution in [2.45, 2.75) is 32.7 Å². The summed E-state index contributed by atoms with van der Waals surface area (Å²) in [4.78, 5) is 0. The van der Waals surface area contributed by atoms with Gasteiger partial charge in [0.2, 0.25) is 0 Å². The van der Waals surface area contributed by atoms with Gasteiger partial charge in [0.25, 0.3) is 0 Å². The zero-order valence-electron chi connectivity index (χ0n) is 7.49. The molecule has 0 bridgehead atoms. The van der Waals surface area contributed by atoms with E-state index in [0.717, 1.165) is 0 Å². The van der Waals surface area contributed by atoms with Crippen LogP contribution in [0.1, 0.15) is 20.3 Å². The molecule has 1 unspecified atom stereocenters. The Bertz CT molecular complexity index is 138. The molecule has 0 heterocycles. The molecule has 4 heteroatoms. The second kappa shape index (κ2) is 7.04. The van der Waals surface area contributed by atoms with Crippen molar-refractivity contribution >= 4 is 0 Å². The Labute approximate surface area is 72.7 Å². The molecule has 0 fully saturated rings. The van der Waals surface area contributed by atoms with Gasteiger partial charge in [-0.05, 0) is 13.8 Å². The second-order valence-corrected chi connectivity index (χ2v) is 2.21. The number of rotatable bonds is 6. The van der Waals surface area contributed by atoms with Gasteiger partial charge in [-0.1, -0.05) is 0 Å². The maximum Gasteiger partial charge on any atom is 0.184 e. The first-order valence-corrected chi connectivity index (χ1v) is 4.04. The molecule has 0 aromatic carbocycles. The molecule has 70 valence electrons. The van der Waals surface area contributed by atoms with Crippen LogP contribution in [0.25, 0.3) is 0 Å². The molecule has 12 heavy (non-hydrogen) atoms. The van der Waals surface area contributed by atoms with Gasteiger partial charge in [0.1, 0.15) is 6.10 Å². The van der Waals surface area contributed by atoms with Gasteiger partial charge >= 0.3 is 0 Å². The van der Waals surface area contributed by atoms with Crippen molar-refractivity contribution in [1.29, 1.82) is 5.26 Å². The van der Waals surface area contributed by atoms with Crippen molar-refractivity contribution in [2.24, 2.45) is 0 Å². The molecule has 0 aromatic heterocycles. The summed E-state index contributed by atoms with van der Waals surface area (Å²) in [6.07, 6.45) is -1.49. The Morgan fingerprint density at radius 3 is 2.17 bits per heavy atom. The van der Waals surface area contributed by atoms with Gasteiger partial charge in [0, 0.05) is 13.2 Å². The maximum atomic E-state index is 9.30. The molecular weight excluding hydrogens is 158 g/mol. The molecule has 1 N–H and O–H groups in total. The molecule has 0 saturated heterocycles. The predicted octanol–water partition coefficient (Wildman–Crippen LogP) is 0.660. The van der Waals surface area contributed by atoms with Gasteiger partial charge in [0.15, 0.2) is 6.29 Å². The third-order valence-corrected chi connectivity index (χ3v) is 1.28. The molecule has 4 nitrogen and oxygen atoms in total. The average molecular weight is 173 g/mol. The summed E-state index contributed by atoms with van der Waals surface area (Å²) < 4.78 is 10.1. The van der Waals surface area contributed by atoms with Gasteiger partial charge in [-0.15, -0.1) is 0 Å². The van der Waals surface area contributed by atoms with Crippen LogP contribution >= 0.6 is 0 Å². The quantitative estimate of drug-likeness (QED) is 0.599. The van der Waals surface area contributed by atoms with E-state index in [1.807, 2.05) is 19.9 Å². The van der Waals surface area contributed by atoms with E-state index in [1.54, 1.807) is 0 Å². The van der Waals surface area contributed by atoms with Gasteiger partial charge in [-0.3, -0.25) is 0 Å². The number of ether oxygens (including phenoxy) is 2. The number of hydrogen-bond acceptors (Lipinski definition) is 4. The monoisotopic (exact) mass is 173 g/mol. The van der Waals surface area contributed by atoms with Crippen LogP contribution in [0.15, 0.2) is 0 Å². The van der Waals surface area contributed by atoms with Crippen LogP contribution in [0.4, 0.5) is 0 Å². The molecule has 0 aliphatic rings. The molecule has 0 amide bonds. The van der Waals surface area contributed by atoms with E-state index < -0.39 is 12.4 Å². The number of aliphatic hydroxyl groups is 1. The number of nitrogens with zero attached hydrogens (tertiary/aromatic N) is 1. The Kier molecular flexibility index (Phi) is 6.67. The van der Waals surface area contributed by atoms with Crippen molar-refractivity contribution in [3.63, 3.8) is 0 Å². The van der Waals surface area contributed by atoms with Crippen molar-refractivity contribution < 1.29 is 14.6 Å². The average Bonchev–Trinajstić information content (AvgIpc) is 2.04. The first-order valence-electron chi connectivity index (χ1n) is 4.04. The van der Waals surface area contributed by atoms with Gasteiger partial charge in [0.05, 0.1) is 12.5 Å². The highest BCUT2D eigenvalue weighted by molar-refractivity contribution is 4.77. The summed E-state index contributed by atoms with van der Waals surface area (Å²) in [5, 5.41) is 17.6. The minimum absolute atomic E-state index is 0.0324. The highest BCUT2D eigenvalue weighted by atomic mass is 16.7. The molecule has 0 rings (SSSR count). The number of hydrogen-bond donors (Lipinski definition) is 1. The van der Waals surface area contributed by atoms with E-state index in [4.69, 9.17) is 14.7 Å². The zero-order chi connectivity index (χ0) is 9.40. The van der Waals surface area contributed by atoms with Crippen molar-refractivity contribution in [3.8, 4) is 6.07 Å². The summed E-state index contributed by atoms with van der Waals surface area (Å²) in [6, 6.07) is 1.85. The fraction of sp³-hybridized carbons (Fsp3) is 0.875. The van der Waals surface area contributed by atoms with E-state index in [-0.39, 0.29) is 6.42 Å². The summed E-state index contributed by atoms with van der Waals surface area (Å²) in [5.74, 6) is 0. The molecule has 0 saturated carbocycles. The first-order chi connectivity index (χ1) is 5.76. The first kappa shape index (κ1) is 11.4. The van der Waals surface area contributed by atoms with Crippen molar-refractivity contribution in [2.75, 3.05) is 13.2 Å². The predicted molar refractivity (Wildman–Crippen MR) is 43.3 cm³/mol. The SMILES string of the molecule is CCOC(OCC)C(O)CC#N. The van der Waals surface area contributed by atoms with Gasteiger partial charge in [-0.25, -0.2) is 0 Å². The van der Waals surface area contributed by atoms with Crippen LogP contribution in [-0.2, 0) is 9.47 Å². The highest BCUT2D eigenvalue weighted by Gasteiger charge is 2.18. The van der Waals surface area contributed by atoms with Crippen LogP contribution in [0, 0.1) is 11.3 Å². The minimum Gasteiger partial charge on any atom is -0.387 e. The van der Waals surface area contributed by atoms with Crippen LogP contribution < -0.4 is 0 Å². The molecule has 1 atom stereocenters. The fourth-order valence-electron chi connectivity index (χ4n) is 0.789. The lowest BCUT2D eigenvalue weighted by Gasteiger charge is -2.20. The van der Waals surface area contributed by atoms with Gasteiger partial charge < -0.3 is 14.6 Å². The Hall–Kier alpha value is -0.630. The standard InChI is InChI=1S/C8H15NO3/c1-3-11-8(12-4-2)7(10)5-6-9/h7-8,10H,3-5H2,1-2H3. The Morgan fingerprint density at radius 1 is 1.33 bits per heavy atom. The van der Waals surface area contributed by atoms with Crippen molar-refractivity contribution in [3.05, 3.63) is 0 Å². The van der Waals surface area contributed by atoms with Crippen LogP contribution in [0.5, 0.6) is 0 Å². The highest BCUT2D eigenvalue weighted by Crippen LogP contribution is 2.04. The normalized spacial score (nSPS) is 12.9. The smallest absolute Gasteiger partial charge is 0.184 e. The summed E-state index contributed by atoms with van der Waals surface area (Å²) in [7, 11) is 0. The summed E-state index contributed by atoms with van der Waals surface area (Å²) in [5.41, 5.74) is 0. The lowest BCUT2D eigenvalue weighted by atomic mass is 10.2. The van der Waals surface area contributed by atoms with E-state index in [2.05, 4.69) is 0 Å². The Morgan fingerprint density at radius 2 is 1.83 bits per heavy atom. The second-order valence-electron chi connectivity index (χ2n) is 2.21. The Balaban J connectivity index is 3.82. The molecule has 0 radical (unpaired) electrons. The molecule has 0 aliphatic heterocycles.